The maximum Gasteiger partial charge on any atom is 0.263 e. The van der Waals surface area contributed by atoms with Gasteiger partial charge >= 0.3 is 0 Å². The Labute approximate surface area is 154 Å². The van der Waals surface area contributed by atoms with Crippen molar-refractivity contribution >= 4 is 42.6 Å². The summed E-state index contributed by atoms with van der Waals surface area (Å²) in [5.74, 6) is -0.250. The molecule has 1 aromatic heterocycles. The van der Waals surface area contributed by atoms with Gasteiger partial charge in [0.2, 0.25) is 0 Å². The van der Waals surface area contributed by atoms with E-state index in [0.717, 1.165) is 11.3 Å². The third-order valence-corrected chi connectivity index (χ3v) is 5.96. The van der Waals surface area contributed by atoms with Gasteiger partial charge in [-0.3, -0.25) is 9.52 Å². The van der Waals surface area contributed by atoms with Gasteiger partial charge in [-0.2, -0.15) is 0 Å². The molecule has 0 saturated carbocycles. The molecule has 0 saturated heterocycles. The summed E-state index contributed by atoms with van der Waals surface area (Å²) in [6, 6.07) is 13.0. The minimum absolute atomic E-state index is 0.0130. The van der Waals surface area contributed by atoms with Crippen LogP contribution in [0.5, 0.6) is 0 Å². The van der Waals surface area contributed by atoms with E-state index in [1.165, 1.54) is 12.1 Å². The third kappa shape index (κ3) is 4.18. The number of thiazole rings is 1. The second kappa shape index (κ2) is 7.81. The minimum Gasteiger partial charge on any atom is -0.396 e. The monoisotopic (exact) mass is 391 g/mol. The fourth-order valence-electron chi connectivity index (χ4n) is 2.27. The molecule has 3 aromatic rings. The number of rotatable bonds is 7. The van der Waals surface area contributed by atoms with Crippen LogP contribution in [0.2, 0.25) is 0 Å². The Morgan fingerprint density at radius 2 is 1.92 bits per heavy atom. The van der Waals surface area contributed by atoms with Crippen LogP contribution in [0.15, 0.2) is 53.4 Å². The van der Waals surface area contributed by atoms with Gasteiger partial charge in [-0.1, -0.05) is 29.5 Å². The fraction of sp³-hybridized carbons (Fsp3) is 0.176. The smallest absolute Gasteiger partial charge is 0.263 e. The van der Waals surface area contributed by atoms with E-state index >= 15 is 0 Å². The number of hydrogen-bond donors (Lipinski definition) is 3. The Morgan fingerprint density at radius 1 is 1.15 bits per heavy atom. The number of nitrogens with one attached hydrogen (secondary N) is 2. The molecule has 0 aliphatic heterocycles. The Morgan fingerprint density at radius 3 is 2.65 bits per heavy atom. The van der Waals surface area contributed by atoms with Crippen molar-refractivity contribution in [3.05, 3.63) is 54.1 Å². The number of aromatic nitrogens is 1. The van der Waals surface area contributed by atoms with Crippen molar-refractivity contribution in [3.63, 3.8) is 0 Å². The maximum absolute atomic E-state index is 12.4. The zero-order valence-corrected chi connectivity index (χ0v) is 15.3. The molecule has 9 heteroatoms. The Balaban J connectivity index is 1.80. The van der Waals surface area contributed by atoms with Gasteiger partial charge in [-0.15, -0.1) is 0 Å². The molecule has 1 amide bonds. The molecule has 0 bridgehead atoms. The topological polar surface area (TPSA) is 108 Å². The van der Waals surface area contributed by atoms with E-state index in [4.69, 9.17) is 5.11 Å². The predicted molar refractivity (Wildman–Crippen MR) is 101 cm³/mol. The first kappa shape index (κ1) is 18.3. The summed E-state index contributed by atoms with van der Waals surface area (Å²) in [5.41, 5.74) is 1.06. The second-order valence-corrected chi connectivity index (χ2v) is 8.17. The van der Waals surface area contributed by atoms with E-state index in [9.17, 15) is 13.2 Å². The van der Waals surface area contributed by atoms with Crippen molar-refractivity contribution in [2.24, 2.45) is 0 Å². The zero-order chi connectivity index (χ0) is 18.6. The highest BCUT2D eigenvalue weighted by Crippen LogP contribution is 2.28. The molecule has 0 fully saturated rings. The Hall–Kier alpha value is -2.49. The largest absolute Gasteiger partial charge is 0.396 e. The number of aliphatic hydroxyl groups excluding tert-OH is 1. The Kier molecular flexibility index (Phi) is 5.50. The normalized spacial score (nSPS) is 11.4. The lowest BCUT2D eigenvalue weighted by molar-refractivity contribution is 0.0951. The summed E-state index contributed by atoms with van der Waals surface area (Å²) < 4.78 is 27.9. The lowest BCUT2D eigenvalue weighted by Gasteiger charge is -2.03. The van der Waals surface area contributed by atoms with Crippen molar-refractivity contribution in [3.8, 4) is 0 Å². The molecular formula is C17H17N3O4S2. The number of carbonyl (C=O) groups excluding carboxylic acids is 1. The zero-order valence-electron chi connectivity index (χ0n) is 13.7. The van der Waals surface area contributed by atoms with E-state index in [1.807, 2.05) is 0 Å². The molecule has 0 aliphatic carbocycles. The molecule has 2 aromatic carbocycles. The number of carbonyl (C=O) groups is 1. The first-order chi connectivity index (χ1) is 12.5. The lowest BCUT2D eigenvalue weighted by Crippen LogP contribution is -2.24. The number of nitrogens with zero attached hydrogens (tertiary/aromatic N) is 1. The molecule has 3 N–H and O–H groups in total. The molecule has 7 nitrogen and oxygen atoms in total. The molecule has 0 unspecified atom stereocenters. The van der Waals surface area contributed by atoms with Gasteiger partial charge in [0.25, 0.3) is 15.9 Å². The van der Waals surface area contributed by atoms with Crippen LogP contribution in [0.1, 0.15) is 16.8 Å². The molecule has 3 rings (SSSR count). The quantitative estimate of drug-likeness (QED) is 0.535. The van der Waals surface area contributed by atoms with Crippen LogP contribution in [0.25, 0.3) is 10.2 Å². The molecule has 0 atom stereocenters. The van der Waals surface area contributed by atoms with Crippen LogP contribution in [0.4, 0.5) is 5.13 Å². The van der Waals surface area contributed by atoms with E-state index < -0.39 is 10.0 Å². The number of benzene rings is 2. The van der Waals surface area contributed by atoms with Crippen LogP contribution >= 0.6 is 11.3 Å². The van der Waals surface area contributed by atoms with Crippen molar-refractivity contribution in [2.45, 2.75) is 11.3 Å². The van der Waals surface area contributed by atoms with Gasteiger partial charge in [0, 0.05) is 18.7 Å². The average Bonchev–Trinajstić information content (AvgIpc) is 3.03. The molecule has 0 spiro atoms. The summed E-state index contributed by atoms with van der Waals surface area (Å²) in [5, 5.41) is 11.7. The van der Waals surface area contributed by atoms with Crippen LogP contribution in [-0.4, -0.2) is 37.6 Å². The van der Waals surface area contributed by atoms with Gasteiger partial charge in [0.15, 0.2) is 5.13 Å². The standard InChI is InChI=1S/C17H17N3O4S2/c21-10-4-9-18-16(22)12-7-8-14-15(11-12)25-17(19-14)20-26(23,24)13-5-2-1-3-6-13/h1-3,5-8,11,21H,4,9-10H2,(H,18,22)(H,19,20). The fourth-order valence-corrected chi connectivity index (χ4v) is 4.43. The Bertz CT molecular complexity index is 1020. The average molecular weight is 391 g/mol. The SMILES string of the molecule is O=C(NCCCO)c1ccc2nc(NS(=O)(=O)c3ccccc3)sc2c1. The number of hydrogen-bond acceptors (Lipinski definition) is 6. The summed E-state index contributed by atoms with van der Waals surface area (Å²) in [7, 11) is -3.71. The summed E-state index contributed by atoms with van der Waals surface area (Å²) in [6.07, 6.45) is 0.486. The molecular weight excluding hydrogens is 374 g/mol. The predicted octanol–water partition coefficient (Wildman–Crippen LogP) is 2.21. The van der Waals surface area contributed by atoms with Crippen molar-refractivity contribution in [1.29, 1.82) is 0 Å². The maximum atomic E-state index is 12.4. The van der Waals surface area contributed by atoms with Gasteiger partial charge in [-0.05, 0) is 36.8 Å². The van der Waals surface area contributed by atoms with Crippen molar-refractivity contribution in [2.75, 3.05) is 17.9 Å². The summed E-state index contributed by atoms with van der Waals surface area (Å²) >= 11 is 1.16. The number of aliphatic hydroxyl groups is 1. The van der Waals surface area contributed by atoms with Crippen molar-refractivity contribution in [1.82, 2.24) is 10.3 Å². The first-order valence-corrected chi connectivity index (χ1v) is 10.2. The van der Waals surface area contributed by atoms with E-state index in [2.05, 4.69) is 15.0 Å². The molecule has 0 aliphatic rings. The number of amides is 1. The summed E-state index contributed by atoms with van der Waals surface area (Å²) in [6.45, 7) is 0.400. The van der Waals surface area contributed by atoms with E-state index in [0.29, 0.717) is 28.7 Å². The van der Waals surface area contributed by atoms with Crippen molar-refractivity contribution < 1.29 is 18.3 Å². The number of anilines is 1. The highest BCUT2D eigenvalue weighted by atomic mass is 32.2. The van der Waals surface area contributed by atoms with Crippen LogP contribution in [0.3, 0.4) is 0 Å². The van der Waals surface area contributed by atoms with Gasteiger partial charge < -0.3 is 10.4 Å². The van der Waals surface area contributed by atoms with Gasteiger partial charge in [0.1, 0.15) is 0 Å². The van der Waals surface area contributed by atoms with Crippen LogP contribution < -0.4 is 10.0 Å². The van der Waals surface area contributed by atoms with Gasteiger partial charge in [-0.25, -0.2) is 13.4 Å². The number of sulfonamides is 1. The van der Waals surface area contributed by atoms with Crippen LogP contribution in [0, 0.1) is 0 Å². The van der Waals surface area contributed by atoms with E-state index in [1.54, 1.807) is 36.4 Å². The van der Waals surface area contributed by atoms with Crippen LogP contribution in [-0.2, 0) is 10.0 Å². The highest BCUT2D eigenvalue weighted by molar-refractivity contribution is 7.93. The summed E-state index contributed by atoms with van der Waals surface area (Å²) in [4.78, 5) is 16.5. The van der Waals surface area contributed by atoms with Gasteiger partial charge in [0.05, 0.1) is 15.1 Å². The highest BCUT2D eigenvalue weighted by Gasteiger charge is 2.16. The number of fused-ring (bicyclic) bond motifs is 1. The first-order valence-electron chi connectivity index (χ1n) is 7.87. The molecule has 1 heterocycles. The molecule has 26 heavy (non-hydrogen) atoms. The lowest BCUT2D eigenvalue weighted by atomic mass is 10.2. The molecule has 136 valence electrons. The minimum atomic E-state index is -3.71. The van der Waals surface area contributed by atoms with E-state index in [-0.39, 0.29) is 22.5 Å². The molecule has 0 radical (unpaired) electrons. The second-order valence-electron chi connectivity index (χ2n) is 5.45. The third-order valence-electron chi connectivity index (χ3n) is 3.55.